The number of carbonyl (C=O) groups is 3. The van der Waals surface area contributed by atoms with Crippen molar-refractivity contribution in [3.63, 3.8) is 0 Å². The van der Waals surface area contributed by atoms with Crippen LogP contribution >= 0.6 is 11.6 Å². The van der Waals surface area contributed by atoms with Gasteiger partial charge in [-0.2, -0.15) is 31.8 Å². The molecule has 272 valence electrons. The summed E-state index contributed by atoms with van der Waals surface area (Å²) in [7, 11) is -9.92. The molecule has 0 saturated heterocycles. The molecule has 1 aromatic heterocycles. The average Bonchev–Trinajstić information content (AvgIpc) is 3.09. The highest BCUT2D eigenvalue weighted by Crippen LogP contribution is 2.40. The molecule has 1 aliphatic carbocycles. The van der Waals surface area contributed by atoms with Crippen molar-refractivity contribution in [3.05, 3.63) is 106 Å². The van der Waals surface area contributed by atoms with Crippen molar-refractivity contribution in [2.24, 2.45) is 0 Å². The highest BCUT2D eigenvalue weighted by Gasteiger charge is 2.36. The van der Waals surface area contributed by atoms with Gasteiger partial charge in [0.2, 0.25) is 17.2 Å². The first-order valence-corrected chi connectivity index (χ1v) is 18.3. The van der Waals surface area contributed by atoms with Gasteiger partial charge in [-0.15, -0.1) is 0 Å². The van der Waals surface area contributed by atoms with Gasteiger partial charge in [0, 0.05) is 35.6 Å². The molecular weight excluding hydrogens is 756 g/mol. The van der Waals surface area contributed by atoms with Crippen molar-refractivity contribution >= 4 is 89.7 Å². The van der Waals surface area contributed by atoms with E-state index in [-0.39, 0.29) is 69.6 Å². The van der Waals surface area contributed by atoms with Gasteiger partial charge in [0.1, 0.15) is 9.79 Å². The smallest absolute Gasteiger partial charge is 0.335 e. The summed E-state index contributed by atoms with van der Waals surface area (Å²) in [5.74, 6) is -2.58. The molecule has 4 aromatic carbocycles. The summed E-state index contributed by atoms with van der Waals surface area (Å²) in [5, 5.41) is 20.3. The Balaban J connectivity index is 1.23. The maximum Gasteiger partial charge on any atom is 0.335 e. The van der Waals surface area contributed by atoms with E-state index in [2.05, 4.69) is 36.2 Å². The first-order valence-electron chi connectivity index (χ1n) is 15.0. The molecule has 21 heteroatoms. The molecule has 1 heterocycles. The SMILES string of the molecule is Nc1c(S(=O)(=O)O)cc(Nc2ccc(NCCNc3nc(Cl)nc(Nc4cccc(C(=O)O)c4)n3)c(S(=O)(=O)O)c2)c2c1C(=O)c1ccccc1C2=O. The quantitative estimate of drug-likeness (QED) is 0.0493. The second-order valence-electron chi connectivity index (χ2n) is 11.2. The van der Waals surface area contributed by atoms with Crippen LogP contribution in [0, 0.1) is 0 Å². The van der Waals surface area contributed by atoms with Crippen LogP contribution in [0.1, 0.15) is 42.2 Å². The number of nitrogen functional groups attached to an aromatic ring is 1. The number of nitrogens with one attached hydrogen (secondary N) is 4. The number of carbonyl (C=O) groups excluding carboxylic acids is 2. The average molecular weight is 781 g/mol. The number of rotatable bonds is 12. The summed E-state index contributed by atoms with van der Waals surface area (Å²) in [6.45, 7) is 0.105. The Morgan fingerprint density at radius 3 is 1.98 bits per heavy atom. The largest absolute Gasteiger partial charge is 0.478 e. The zero-order valence-corrected chi connectivity index (χ0v) is 29.0. The third kappa shape index (κ3) is 7.71. The molecule has 53 heavy (non-hydrogen) atoms. The molecule has 0 aliphatic heterocycles. The highest BCUT2D eigenvalue weighted by molar-refractivity contribution is 7.86. The molecule has 0 saturated carbocycles. The van der Waals surface area contributed by atoms with E-state index < -0.39 is 58.8 Å². The van der Waals surface area contributed by atoms with Crippen molar-refractivity contribution in [3.8, 4) is 0 Å². The Labute approximate surface area is 305 Å². The molecule has 5 aromatic rings. The Morgan fingerprint density at radius 2 is 1.32 bits per heavy atom. The molecule has 0 atom stereocenters. The molecule has 0 bridgehead atoms. The molecule has 0 amide bonds. The summed E-state index contributed by atoms with van der Waals surface area (Å²) in [6, 6.07) is 16.1. The molecule has 0 unspecified atom stereocenters. The van der Waals surface area contributed by atoms with Gasteiger partial charge in [0.15, 0.2) is 11.6 Å². The number of nitrogens with zero attached hydrogens (tertiary/aromatic N) is 3. The number of aromatic carboxylic acids is 1. The summed E-state index contributed by atoms with van der Waals surface area (Å²) >= 11 is 6.03. The van der Waals surface area contributed by atoms with Crippen molar-refractivity contribution in [1.29, 1.82) is 0 Å². The predicted molar refractivity (Wildman–Crippen MR) is 192 cm³/mol. The van der Waals surface area contributed by atoms with E-state index >= 15 is 0 Å². The van der Waals surface area contributed by atoms with E-state index in [1.165, 1.54) is 54.6 Å². The number of benzene rings is 4. The molecular formula is C32H25ClN8O10S2. The lowest BCUT2D eigenvalue weighted by Gasteiger charge is -2.24. The van der Waals surface area contributed by atoms with E-state index in [9.17, 15) is 45.4 Å². The van der Waals surface area contributed by atoms with Crippen LogP contribution in [0.4, 0.5) is 40.3 Å². The number of aromatic nitrogens is 3. The monoisotopic (exact) mass is 780 g/mol. The zero-order valence-electron chi connectivity index (χ0n) is 26.7. The maximum atomic E-state index is 13.6. The summed E-state index contributed by atoms with van der Waals surface area (Å²) in [6.07, 6.45) is 0. The van der Waals surface area contributed by atoms with Crippen LogP contribution in [-0.2, 0) is 20.2 Å². The van der Waals surface area contributed by atoms with Crippen LogP contribution in [0.3, 0.4) is 0 Å². The predicted octanol–water partition coefficient (Wildman–Crippen LogP) is 4.09. The minimum atomic E-state index is -5.02. The van der Waals surface area contributed by atoms with Gasteiger partial charge in [0.05, 0.1) is 33.8 Å². The third-order valence-corrected chi connectivity index (χ3v) is 9.67. The number of hydrogen-bond acceptors (Lipinski definition) is 15. The number of hydrogen-bond donors (Lipinski definition) is 8. The van der Waals surface area contributed by atoms with Crippen LogP contribution in [0.25, 0.3) is 0 Å². The lowest BCUT2D eigenvalue weighted by atomic mass is 9.82. The standard InChI is InChI=1S/C32H25ClN8O10S2/c33-30-39-31(41-32(40-30)38-16-5-3-4-15(12-16)29(44)45)36-11-10-35-20-9-8-17(13-22(20)52(46,47)48)37-21-14-23(53(49,50)51)26(34)25-24(21)27(42)18-6-1-2-7-19(18)28(25)43/h1-9,12-14,35,37H,10-11,34H2,(H,44,45)(H,46,47,48)(H,49,50,51)(H2,36,38,39,40,41). The van der Waals surface area contributed by atoms with E-state index in [1.807, 2.05) is 0 Å². The first kappa shape index (κ1) is 36.6. The third-order valence-electron chi connectivity index (χ3n) is 7.71. The summed E-state index contributed by atoms with van der Waals surface area (Å²) in [5.41, 5.74) is 4.54. The van der Waals surface area contributed by atoms with Crippen molar-refractivity contribution in [2.45, 2.75) is 9.79 Å². The van der Waals surface area contributed by atoms with E-state index in [0.717, 1.165) is 12.1 Å². The van der Waals surface area contributed by atoms with E-state index in [0.29, 0.717) is 5.69 Å². The van der Waals surface area contributed by atoms with Crippen LogP contribution < -0.4 is 27.0 Å². The Hall–Kier alpha value is -6.19. The fourth-order valence-corrected chi connectivity index (χ4v) is 6.94. The van der Waals surface area contributed by atoms with Gasteiger partial charge in [-0.1, -0.05) is 30.3 Å². The molecule has 0 spiro atoms. The van der Waals surface area contributed by atoms with Gasteiger partial charge in [-0.3, -0.25) is 18.7 Å². The lowest BCUT2D eigenvalue weighted by molar-refractivity contribution is 0.0696. The van der Waals surface area contributed by atoms with Crippen molar-refractivity contribution in [2.75, 3.05) is 40.1 Å². The molecule has 1 aliphatic rings. The Morgan fingerprint density at radius 1 is 0.698 bits per heavy atom. The lowest BCUT2D eigenvalue weighted by Crippen LogP contribution is -2.25. The van der Waals surface area contributed by atoms with Gasteiger partial charge >= 0.3 is 5.97 Å². The second kappa shape index (κ2) is 14.1. The number of nitrogens with two attached hydrogens (primary N) is 1. The Kier molecular flexibility index (Phi) is 9.73. The van der Waals surface area contributed by atoms with Crippen LogP contribution in [0.15, 0.2) is 82.6 Å². The van der Waals surface area contributed by atoms with Crippen molar-refractivity contribution in [1.82, 2.24) is 15.0 Å². The minimum Gasteiger partial charge on any atom is -0.478 e. The van der Waals surface area contributed by atoms with E-state index in [1.54, 1.807) is 6.07 Å². The minimum absolute atomic E-state index is 0.00102. The van der Waals surface area contributed by atoms with Gasteiger partial charge < -0.3 is 32.1 Å². The fraction of sp³-hybridized carbons (Fsp3) is 0.0625. The summed E-state index contributed by atoms with van der Waals surface area (Å²) in [4.78, 5) is 49.0. The summed E-state index contributed by atoms with van der Waals surface area (Å²) < 4.78 is 69.4. The number of anilines is 7. The van der Waals surface area contributed by atoms with Gasteiger partial charge in [-0.05, 0) is 54.1 Å². The molecule has 9 N–H and O–H groups in total. The topological polar surface area (TPSA) is 293 Å². The van der Waals surface area contributed by atoms with Crippen molar-refractivity contribution < 1.29 is 45.4 Å². The Bertz CT molecular complexity index is 2590. The first-order chi connectivity index (χ1) is 25.0. The number of carboxylic acids is 1. The molecule has 0 radical (unpaired) electrons. The molecule has 18 nitrogen and oxygen atoms in total. The molecule has 0 fully saturated rings. The van der Waals surface area contributed by atoms with E-state index in [4.69, 9.17) is 17.3 Å². The number of fused-ring (bicyclic) bond motifs is 2. The van der Waals surface area contributed by atoms with Crippen LogP contribution in [0.5, 0.6) is 0 Å². The fourth-order valence-electron chi connectivity index (χ4n) is 5.44. The van der Waals surface area contributed by atoms with Gasteiger partial charge in [0.25, 0.3) is 20.2 Å². The van der Waals surface area contributed by atoms with Crippen LogP contribution in [-0.4, -0.2) is 76.6 Å². The molecule has 6 rings (SSSR count). The van der Waals surface area contributed by atoms with Crippen LogP contribution in [0.2, 0.25) is 5.28 Å². The normalized spacial score (nSPS) is 12.4. The van der Waals surface area contributed by atoms with Gasteiger partial charge in [-0.25, -0.2) is 4.79 Å². The second-order valence-corrected chi connectivity index (χ2v) is 14.3. The highest BCUT2D eigenvalue weighted by atomic mass is 35.5. The zero-order chi connectivity index (χ0) is 38.2. The maximum absolute atomic E-state index is 13.6. The number of ketones is 2. The number of carboxylic acid groups (broad SMARTS) is 1. The number of halogens is 1.